The number of aryl methyl sites for hydroxylation is 1. The van der Waals surface area contributed by atoms with E-state index in [1.165, 1.54) is 16.7 Å². The molecule has 0 saturated carbocycles. The molecule has 0 aliphatic carbocycles. The molecule has 2 bridgehead atoms. The van der Waals surface area contributed by atoms with Crippen molar-refractivity contribution in [1.82, 2.24) is 9.97 Å². The van der Waals surface area contributed by atoms with Gasteiger partial charge in [-0.25, -0.2) is 0 Å². The number of fused-ring (bicyclic) bond motifs is 10. The Balaban J connectivity index is 0.000000228. The first-order valence-electron chi connectivity index (χ1n) is 15.3. The Morgan fingerprint density at radius 3 is 2.23 bits per heavy atom. The summed E-state index contributed by atoms with van der Waals surface area (Å²) in [7, 11) is 0. The summed E-state index contributed by atoms with van der Waals surface area (Å²) < 4.78 is 6.40. The fourth-order valence-electron chi connectivity index (χ4n) is 6.16. The van der Waals surface area contributed by atoms with Crippen molar-refractivity contribution in [3.05, 3.63) is 157 Å². The van der Waals surface area contributed by atoms with E-state index >= 15 is 0 Å². The molecule has 1 aliphatic rings. The van der Waals surface area contributed by atoms with Crippen LogP contribution < -0.4 is 5.32 Å². The number of nitrogens with one attached hydrogen (secondary N) is 1. The van der Waals surface area contributed by atoms with Gasteiger partial charge >= 0.3 is 0 Å². The summed E-state index contributed by atoms with van der Waals surface area (Å²) in [4.78, 5) is 8.84. The molecule has 0 fully saturated rings. The summed E-state index contributed by atoms with van der Waals surface area (Å²) in [6, 6.07) is 47.8. The first kappa shape index (κ1) is 30.3. The summed E-state index contributed by atoms with van der Waals surface area (Å²) in [5, 5.41) is 5.97. The monoisotopic (exact) mass is 784 g/mol. The molecule has 0 spiro atoms. The molecule has 1 N–H and O–H groups in total. The Morgan fingerprint density at radius 2 is 1.45 bits per heavy atom. The maximum Gasteiger partial charge on any atom is 0.158 e. The second kappa shape index (κ2) is 12.8. The van der Waals surface area contributed by atoms with Crippen molar-refractivity contribution < 1.29 is 24.5 Å². The molecular weight excluding hydrogens is 755 g/mol. The molecule has 0 atom stereocenters. The van der Waals surface area contributed by atoms with Gasteiger partial charge in [0.25, 0.3) is 0 Å². The predicted octanol–water partition coefficient (Wildman–Crippen LogP) is 11.0. The number of para-hydroxylation sites is 1. The smallest absolute Gasteiger partial charge is 0.158 e. The minimum Gasteiger partial charge on any atom is -0.454 e. The van der Waals surface area contributed by atoms with Crippen molar-refractivity contribution in [1.29, 1.82) is 0 Å². The molecular formula is C42H29IrN3O-2. The minimum absolute atomic E-state index is 0. The van der Waals surface area contributed by atoms with E-state index in [2.05, 4.69) is 102 Å². The second-order valence-corrected chi connectivity index (χ2v) is 11.5. The van der Waals surface area contributed by atoms with Gasteiger partial charge in [-0.05, 0) is 71.4 Å². The predicted molar refractivity (Wildman–Crippen MR) is 188 cm³/mol. The standard InChI is InChI=1S/C31H21N2O.C11H8N.Ir/c1-18-10-14-27(32-17-18)20-11-15-28-26(16-20)22-8-5-7-21(19(22)2)24-12-13-25-23-6-3-4-9-29(23)34-31(25)30(24)33-28;1-2-6-10(7-3-1)11-8-4-5-9-12-11;/h3-10,12-17,33H,1-2H3;1-6,8-9H;/q2*-1;. The SMILES string of the molecule is Cc1ccc(-c2[c-]cc3c(c2)-c2cccc(c2C)-c2ccc4c(oc5ccccc54)c2N3)nc1.[Ir].[c-]1ccccc1-c1ccccn1. The summed E-state index contributed by atoms with van der Waals surface area (Å²) in [5.74, 6) is 0. The number of benzene rings is 5. The number of hydrogen-bond acceptors (Lipinski definition) is 4. The molecule has 5 heteroatoms. The Kier molecular flexibility index (Phi) is 8.26. The zero-order valence-electron chi connectivity index (χ0n) is 25.8. The van der Waals surface area contributed by atoms with Crippen molar-refractivity contribution in [3.8, 4) is 44.8 Å². The number of nitrogens with zero attached hydrogens (tertiary/aromatic N) is 2. The van der Waals surface area contributed by atoms with E-state index in [4.69, 9.17) is 4.42 Å². The van der Waals surface area contributed by atoms with Gasteiger partial charge in [-0.15, -0.1) is 59.7 Å². The molecule has 0 saturated heterocycles. The molecule has 1 aliphatic heterocycles. The maximum atomic E-state index is 6.40. The Morgan fingerprint density at radius 1 is 0.638 bits per heavy atom. The zero-order chi connectivity index (χ0) is 31.0. The molecule has 4 nitrogen and oxygen atoms in total. The van der Waals surface area contributed by atoms with Crippen LogP contribution >= 0.6 is 0 Å². The topological polar surface area (TPSA) is 51.0 Å². The quantitative estimate of drug-likeness (QED) is 0.177. The van der Waals surface area contributed by atoms with E-state index in [9.17, 15) is 0 Å². The molecule has 3 aromatic heterocycles. The van der Waals surface area contributed by atoms with Crippen LogP contribution in [0.5, 0.6) is 0 Å². The molecule has 0 amide bonds. The number of rotatable bonds is 2. The minimum atomic E-state index is 0. The van der Waals surface area contributed by atoms with Crippen LogP contribution in [0, 0.1) is 26.0 Å². The first-order valence-corrected chi connectivity index (χ1v) is 15.3. The Bertz CT molecular complexity index is 2310. The van der Waals surface area contributed by atoms with Gasteiger partial charge in [0.2, 0.25) is 0 Å². The summed E-state index contributed by atoms with van der Waals surface area (Å²) in [6.45, 7) is 4.25. The third-order valence-corrected chi connectivity index (χ3v) is 8.51. The van der Waals surface area contributed by atoms with Gasteiger partial charge in [0.15, 0.2) is 5.58 Å². The molecule has 0 unspecified atom stereocenters. The van der Waals surface area contributed by atoms with Gasteiger partial charge in [-0.2, -0.15) is 0 Å². The van der Waals surface area contributed by atoms with Crippen LogP contribution in [0.1, 0.15) is 11.1 Å². The van der Waals surface area contributed by atoms with Crippen LogP contribution in [0.25, 0.3) is 66.7 Å². The van der Waals surface area contributed by atoms with Crippen molar-refractivity contribution in [2.24, 2.45) is 0 Å². The van der Waals surface area contributed by atoms with Gasteiger partial charge in [0, 0.05) is 48.8 Å². The number of furan rings is 1. The van der Waals surface area contributed by atoms with E-state index in [1.54, 1.807) is 6.20 Å². The summed E-state index contributed by atoms with van der Waals surface area (Å²) in [5.41, 5.74) is 14.8. The van der Waals surface area contributed by atoms with E-state index in [0.717, 1.165) is 72.5 Å². The third-order valence-electron chi connectivity index (χ3n) is 8.51. The first-order chi connectivity index (χ1) is 22.6. The largest absolute Gasteiger partial charge is 0.454 e. The molecule has 4 heterocycles. The average Bonchev–Trinajstić information content (AvgIpc) is 3.49. The number of aromatic nitrogens is 2. The van der Waals surface area contributed by atoms with E-state index in [-0.39, 0.29) is 20.1 Å². The maximum absolute atomic E-state index is 6.40. The number of pyridine rings is 2. The van der Waals surface area contributed by atoms with Crippen LogP contribution in [0.3, 0.4) is 0 Å². The molecule has 229 valence electrons. The van der Waals surface area contributed by atoms with Crippen molar-refractivity contribution in [2.75, 3.05) is 5.32 Å². The van der Waals surface area contributed by atoms with Gasteiger partial charge in [0.05, 0.1) is 5.69 Å². The van der Waals surface area contributed by atoms with Crippen molar-refractivity contribution >= 4 is 33.3 Å². The summed E-state index contributed by atoms with van der Waals surface area (Å²) >= 11 is 0. The van der Waals surface area contributed by atoms with Crippen LogP contribution in [0.4, 0.5) is 11.4 Å². The molecule has 9 rings (SSSR count). The van der Waals surface area contributed by atoms with E-state index < -0.39 is 0 Å². The van der Waals surface area contributed by atoms with E-state index in [1.807, 2.05) is 66.9 Å². The zero-order valence-corrected chi connectivity index (χ0v) is 28.2. The summed E-state index contributed by atoms with van der Waals surface area (Å²) in [6.07, 6.45) is 3.69. The Hall–Kier alpha value is -5.35. The van der Waals surface area contributed by atoms with Gasteiger partial charge < -0.3 is 19.7 Å². The molecule has 1 radical (unpaired) electrons. The van der Waals surface area contributed by atoms with Gasteiger partial charge in [0.1, 0.15) is 5.58 Å². The second-order valence-electron chi connectivity index (χ2n) is 11.5. The van der Waals surface area contributed by atoms with Crippen LogP contribution in [-0.2, 0) is 20.1 Å². The average molecular weight is 784 g/mol. The van der Waals surface area contributed by atoms with E-state index in [0.29, 0.717) is 0 Å². The fraction of sp³-hybridized carbons (Fsp3) is 0.0476. The van der Waals surface area contributed by atoms with Crippen LogP contribution in [0.15, 0.2) is 138 Å². The molecule has 8 aromatic rings. The van der Waals surface area contributed by atoms with Crippen LogP contribution in [-0.4, -0.2) is 9.97 Å². The van der Waals surface area contributed by atoms with Gasteiger partial charge in [-0.1, -0.05) is 72.3 Å². The number of anilines is 2. The third kappa shape index (κ3) is 5.65. The van der Waals surface area contributed by atoms with Crippen LogP contribution in [0.2, 0.25) is 0 Å². The Labute approximate surface area is 287 Å². The van der Waals surface area contributed by atoms with Crippen molar-refractivity contribution in [3.63, 3.8) is 0 Å². The number of hydrogen-bond donors (Lipinski definition) is 1. The van der Waals surface area contributed by atoms with Gasteiger partial charge in [-0.3, -0.25) is 0 Å². The fourth-order valence-corrected chi connectivity index (χ4v) is 6.16. The molecule has 47 heavy (non-hydrogen) atoms. The van der Waals surface area contributed by atoms with Crippen molar-refractivity contribution in [2.45, 2.75) is 13.8 Å². The normalized spacial score (nSPS) is 11.2. The molecule has 5 aromatic carbocycles.